The summed E-state index contributed by atoms with van der Waals surface area (Å²) in [4.78, 5) is 34.5. The maximum Gasteiger partial charge on any atom is 0.232 e. The molecule has 1 amide bonds. The molecule has 2 aliphatic heterocycles. The van der Waals surface area contributed by atoms with Gasteiger partial charge in [0.1, 0.15) is 29.5 Å². The fourth-order valence-electron chi connectivity index (χ4n) is 5.66. The first-order valence-electron chi connectivity index (χ1n) is 13.9. The van der Waals surface area contributed by atoms with Gasteiger partial charge in [-0.3, -0.25) is 9.69 Å². The van der Waals surface area contributed by atoms with Crippen molar-refractivity contribution in [1.29, 1.82) is 0 Å². The van der Waals surface area contributed by atoms with Gasteiger partial charge in [0.15, 0.2) is 0 Å². The predicted octanol–water partition coefficient (Wildman–Crippen LogP) is 4.29. The molecule has 40 heavy (non-hydrogen) atoms. The van der Waals surface area contributed by atoms with E-state index in [-0.39, 0.29) is 11.7 Å². The van der Waals surface area contributed by atoms with Crippen LogP contribution in [0.25, 0.3) is 33.6 Å². The summed E-state index contributed by atoms with van der Waals surface area (Å²) >= 11 is 0. The van der Waals surface area contributed by atoms with E-state index in [4.69, 9.17) is 14.4 Å². The van der Waals surface area contributed by atoms with Crippen molar-refractivity contribution in [2.45, 2.75) is 26.8 Å². The molecule has 0 spiro atoms. The highest BCUT2D eigenvalue weighted by atomic mass is 19.1. The third kappa shape index (κ3) is 4.99. The van der Waals surface area contributed by atoms with Crippen LogP contribution in [0.3, 0.4) is 0 Å². The van der Waals surface area contributed by atoms with Crippen LogP contribution in [0.1, 0.15) is 20.8 Å². The Balaban J connectivity index is 1.38. The minimum absolute atomic E-state index is 0.102. The Morgan fingerprint density at radius 3 is 2.15 bits per heavy atom. The second-order valence-corrected chi connectivity index (χ2v) is 10.7. The van der Waals surface area contributed by atoms with Crippen molar-refractivity contribution in [1.82, 2.24) is 24.8 Å². The Morgan fingerprint density at radius 1 is 0.850 bits per heavy atom. The van der Waals surface area contributed by atoms with Gasteiger partial charge in [0.05, 0.1) is 5.39 Å². The summed E-state index contributed by atoms with van der Waals surface area (Å²) in [5.41, 5.74) is 2.96. The third-order valence-electron chi connectivity index (χ3n) is 8.00. The van der Waals surface area contributed by atoms with Gasteiger partial charge < -0.3 is 19.1 Å². The summed E-state index contributed by atoms with van der Waals surface area (Å²) in [5, 5.41) is 0.825. The largest absolute Gasteiger partial charge is 0.437 e. The first kappa shape index (κ1) is 26.2. The molecule has 0 atom stereocenters. The van der Waals surface area contributed by atoms with Gasteiger partial charge in [-0.25, -0.2) is 19.3 Å². The Labute approximate surface area is 233 Å². The molecule has 2 fully saturated rings. The number of halogens is 1. The van der Waals surface area contributed by atoms with E-state index in [1.165, 1.54) is 12.1 Å². The van der Waals surface area contributed by atoms with Crippen molar-refractivity contribution in [2.75, 3.05) is 62.2 Å². The maximum atomic E-state index is 13.9. The van der Waals surface area contributed by atoms with Crippen molar-refractivity contribution in [2.24, 2.45) is 0 Å². The number of rotatable bonds is 5. The van der Waals surface area contributed by atoms with Crippen molar-refractivity contribution >= 4 is 28.6 Å². The van der Waals surface area contributed by atoms with Gasteiger partial charge in [0.2, 0.25) is 11.6 Å². The molecule has 5 heterocycles. The van der Waals surface area contributed by atoms with Gasteiger partial charge >= 0.3 is 0 Å². The van der Waals surface area contributed by atoms with Crippen LogP contribution in [0.2, 0.25) is 0 Å². The molecule has 0 saturated carbocycles. The van der Waals surface area contributed by atoms with Crippen LogP contribution >= 0.6 is 0 Å². The first-order valence-corrected chi connectivity index (χ1v) is 13.9. The molecule has 2 saturated heterocycles. The zero-order chi connectivity index (χ0) is 27.8. The molecule has 0 aliphatic carbocycles. The lowest BCUT2D eigenvalue weighted by Gasteiger charge is -2.37. The van der Waals surface area contributed by atoms with Gasteiger partial charge in [0, 0.05) is 82.6 Å². The number of fused-ring (bicyclic) bond motifs is 1. The predicted molar refractivity (Wildman–Crippen MR) is 154 cm³/mol. The Morgan fingerprint density at radius 2 is 1.52 bits per heavy atom. The van der Waals surface area contributed by atoms with Gasteiger partial charge in [-0.1, -0.05) is 12.1 Å². The summed E-state index contributed by atoms with van der Waals surface area (Å²) in [6.45, 7) is 12.5. The normalized spacial score (nSPS) is 16.8. The number of anilines is 2. The van der Waals surface area contributed by atoms with Crippen molar-refractivity contribution < 1.29 is 13.6 Å². The number of pyridine rings is 1. The molecule has 0 N–H and O–H groups in total. The molecule has 6 rings (SSSR count). The highest BCUT2D eigenvalue weighted by Gasteiger charge is 2.27. The first-order chi connectivity index (χ1) is 19.4. The number of aromatic nitrogens is 3. The molecule has 0 unspecified atom stereocenters. The smallest absolute Gasteiger partial charge is 0.232 e. The van der Waals surface area contributed by atoms with Gasteiger partial charge in [-0.05, 0) is 43.7 Å². The molecule has 3 aromatic heterocycles. The van der Waals surface area contributed by atoms with Crippen LogP contribution in [0.4, 0.5) is 16.0 Å². The molecule has 2 aliphatic rings. The van der Waals surface area contributed by atoms with Crippen LogP contribution in [0, 0.1) is 5.82 Å². The lowest BCUT2D eigenvalue weighted by molar-refractivity contribution is -0.129. The minimum atomic E-state index is -0.296. The lowest BCUT2D eigenvalue weighted by atomic mass is 9.99. The van der Waals surface area contributed by atoms with E-state index in [9.17, 15) is 9.18 Å². The van der Waals surface area contributed by atoms with E-state index >= 15 is 0 Å². The maximum absolute atomic E-state index is 13.9. The number of furan rings is 1. The molecule has 0 bridgehead atoms. The van der Waals surface area contributed by atoms with Crippen molar-refractivity contribution in [3.05, 3.63) is 54.7 Å². The van der Waals surface area contributed by atoms with Gasteiger partial charge in [-0.15, -0.1) is 0 Å². The highest BCUT2D eigenvalue weighted by Crippen LogP contribution is 2.43. The van der Waals surface area contributed by atoms with Crippen LogP contribution in [-0.2, 0) is 4.79 Å². The van der Waals surface area contributed by atoms with E-state index in [0.29, 0.717) is 30.6 Å². The van der Waals surface area contributed by atoms with Crippen LogP contribution < -0.4 is 9.80 Å². The molecule has 1 aromatic carbocycles. The van der Waals surface area contributed by atoms with Gasteiger partial charge in [-0.2, -0.15) is 0 Å². The molecular formula is C30H34FN7O2. The molecule has 0 radical (unpaired) electrons. The number of amides is 1. The third-order valence-corrected chi connectivity index (χ3v) is 8.00. The second-order valence-electron chi connectivity index (χ2n) is 10.7. The average molecular weight is 544 g/mol. The number of carbonyl (C=O) groups is 1. The Bertz CT molecular complexity index is 1490. The van der Waals surface area contributed by atoms with Crippen molar-refractivity contribution in [3.63, 3.8) is 0 Å². The summed E-state index contributed by atoms with van der Waals surface area (Å²) in [6, 6.07) is 10.9. The fraction of sp³-hybridized carbons (Fsp3) is 0.400. The SMILES string of the molecule is CC(=O)N1CCN(c2ccc(-c3oc4ncnc(N5CCN(C(C)C)CC5)c4c3-c3ccc(F)cc3)cn2)CC1. The van der Waals surface area contributed by atoms with E-state index in [0.717, 1.165) is 73.0 Å². The molecule has 208 valence electrons. The summed E-state index contributed by atoms with van der Waals surface area (Å²) < 4.78 is 20.3. The van der Waals surface area contributed by atoms with Gasteiger partial charge in [0.25, 0.3) is 0 Å². The fourth-order valence-corrected chi connectivity index (χ4v) is 5.66. The van der Waals surface area contributed by atoms with Crippen molar-refractivity contribution in [3.8, 4) is 22.5 Å². The zero-order valence-electron chi connectivity index (χ0n) is 23.2. The van der Waals surface area contributed by atoms with E-state index < -0.39 is 0 Å². The quantitative estimate of drug-likeness (QED) is 0.369. The number of nitrogens with zero attached hydrogens (tertiary/aromatic N) is 7. The standard InChI is InChI=1S/C30H34FN7O2/c1-20(2)35-10-16-38(17-11-35)29-27-26(22-4-7-24(31)8-5-22)28(40-30(27)34-19-33-29)23-6-9-25(32-18-23)37-14-12-36(13-15-37)21(3)39/h4-9,18-20H,10-17H2,1-3H3. The van der Waals surface area contributed by atoms with Crippen LogP contribution in [0.15, 0.2) is 53.3 Å². The monoisotopic (exact) mass is 543 g/mol. The average Bonchev–Trinajstić information content (AvgIpc) is 3.38. The van der Waals surface area contributed by atoms with Crippen LogP contribution in [0.5, 0.6) is 0 Å². The summed E-state index contributed by atoms with van der Waals surface area (Å²) in [5.74, 6) is 2.12. The lowest BCUT2D eigenvalue weighted by Crippen LogP contribution is -2.49. The van der Waals surface area contributed by atoms with E-state index in [2.05, 4.69) is 33.5 Å². The van der Waals surface area contributed by atoms with E-state index in [1.807, 2.05) is 23.2 Å². The minimum Gasteiger partial charge on any atom is -0.437 e. The zero-order valence-corrected chi connectivity index (χ0v) is 23.2. The number of piperazine rings is 2. The number of hydrogen-bond acceptors (Lipinski definition) is 8. The number of benzene rings is 1. The molecule has 9 nitrogen and oxygen atoms in total. The molecule has 10 heteroatoms. The van der Waals surface area contributed by atoms with Crippen LogP contribution in [-0.4, -0.2) is 89.1 Å². The topological polar surface area (TPSA) is 81.8 Å². The Kier molecular flexibility index (Phi) is 7.10. The summed E-state index contributed by atoms with van der Waals surface area (Å²) in [7, 11) is 0. The number of hydrogen-bond donors (Lipinski definition) is 0. The Hall–Kier alpha value is -4.05. The summed E-state index contributed by atoms with van der Waals surface area (Å²) in [6.07, 6.45) is 3.36. The second kappa shape index (κ2) is 10.8. The molecule has 4 aromatic rings. The number of carbonyl (C=O) groups excluding carboxylic acids is 1. The van der Waals surface area contributed by atoms with E-state index in [1.54, 1.807) is 25.4 Å². The highest BCUT2D eigenvalue weighted by molar-refractivity contribution is 6.06. The molecular weight excluding hydrogens is 509 g/mol.